The van der Waals surface area contributed by atoms with Crippen LogP contribution < -0.4 is 10.6 Å². The number of aromatic nitrogens is 2. The summed E-state index contributed by atoms with van der Waals surface area (Å²) in [6.45, 7) is 2.96. The summed E-state index contributed by atoms with van der Waals surface area (Å²) in [5, 5.41) is 12.6. The third-order valence-electron chi connectivity index (χ3n) is 3.17. The van der Waals surface area contributed by atoms with Crippen LogP contribution in [0.5, 0.6) is 0 Å². The van der Waals surface area contributed by atoms with Gasteiger partial charge in [-0.05, 0) is 26.0 Å². The minimum absolute atomic E-state index is 0.0829. The van der Waals surface area contributed by atoms with Crippen molar-refractivity contribution in [2.75, 3.05) is 18.9 Å². The molecular formula is C12H15N5O3. The molecule has 0 bridgehead atoms. The highest BCUT2D eigenvalue weighted by atomic mass is 16.2. The Balaban J connectivity index is 2.30. The largest absolute Gasteiger partial charge is 0.372 e. The van der Waals surface area contributed by atoms with E-state index in [9.17, 15) is 14.4 Å². The van der Waals surface area contributed by atoms with E-state index in [-0.39, 0.29) is 12.2 Å². The van der Waals surface area contributed by atoms with Crippen LogP contribution in [0, 0.1) is 0 Å². The first-order valence-corrected chi connectivity index (χ1v) is 6.04. The molecule has 1 fully saturated rings. The molecule has 106 valence electrons. The third-order valence-corrected chi connectivity index (χ3v) is 3.17. The maximum absolute atomic E-state index is 12.4. The Hall–Kier alpha value is -2.51. The van der Waals surface area contributed by atoms with E-state index >= 15 is 0 Å². The van der Waals surface area contributed by atoms with E-state index < -0.39 is 23.3 Å². The van der Waals surface area contributed by atoms with E-state index in [1.165, 1.54) is 11.0 Å². The second kappa shape index (κ2) is 4.87. The molecule has 8 heteroatoms. The van der Waals surface area contributed by atoms with E-state index in [1.807, 2.05) is 0 Å². The van der Waals surface area contributed by atoms with E-state index in [1.54, 1.807) is 27.0 Å². The van der Waals surface area contributed by atoms with Gasteiger partial charge in [0, 0.05) is 7.05 Å². The van der Waals surface area contributed by atoms with Gasteiger partial charge in [-0.15, -0.1) is 10.2 Å². The van der Waals surface area contributed by atoms with Crippen LogP contribution in [0.15, 0.2) is 12.1 Å². The van der Waals surface area contributed by atoms with Crippen LogP contribution in [-0.2, 0) is 9.59 Å². The highest BCUT2D eigenvalue weighted by Crippen LogP contribution is 2.20. The molecule has 0 saturated carbocycles. The maximum Gasteiger partial charge on any atom is 0.275 e. The minimum Gasteiger partial charge on any atom is -0.372 e. The summed E-state index contributed by atoms with van der Waals surface area (Å²) in [6, 6.07) is 3.09. The molecule has 0 unspecified atom stereocenters. The number of imide groups is 1. The molecule has 0 spiro atoms. The van der Waals surface area contributed by atoms with Crippen LogP contribution in [0.3, 0.4) is 0 Å². The fraction of sp³-hybridized carbons (Fsp3) is 0.417. The number of carbonyl (C=O) groups excluding carboxylic acids is 3. The van der Waals surface area contributed by atoms with Gasteiger partial charge in [0.25, 0.3) is 11.8 Å². The minimum atomic E-state index is -1.12. The van der Waals surface area contributed by atoms with Crippen LogP contribution in [0.25, 0.3) is 0 Å². The first kappa shape index (κ1) is 13.9. The third kappa shape index (κ3) is 2.31. The van der Waals surface area contributed by atoms with Crippen molar-refractivity contribution in [1.29, 1.82) is 0 Å². The molecule has 2 rings (SSSR count). The van der Waals surface area contributed by atoms with Crippen molar-refractivity contribution in [3.8, 4) is 0 Å². The molecule has 1 aromatic heterocycles. The van der Waals surface area contributed by atoms with Crippen LogP contribution in [-0.4, -0.2) is 52.0 Å². The highest BCUT2D eigenvalue weighted by Gasteiger charge is 2.44. The average molecular weight is 277 g/mol. The summed E-state index contributed by atoms with van der Waals surface area (Å²) in [7, 11) is 1.68. The van der Waals surface area contributed by atoms with Gasteiger partial charge in [0.1, 0.15) is 17.9 Å². The summed E-state index contributed by atoms with van der Waals surface area (Å²) in [5.74, 6) is -1.01. The first-order chi connectivity index (χ1) is 9.36. The van der Waals surface area contributed by atoms with E-state index in [0.29, 0.717) is 5.82 Å². The van der Waals surface area contributed by atoms with Crippen LogP contribution >= 0.6 is 0 Å². The average Bonchev–Trinajstić information content (AvgIpc) is 2.42. The lowest BCUT2D eigenvalue weighted by molar-refractivity contribution is -0.143. The highest BCUT2D eigenvalue weighted by molar-refractivity contribution is 6.08. The quantitative estimate of drug-likeness (QED) is 0.699. The molecule has 20 heavy (non-hydrogen) atoms. The number of amides is 3. The number of hydrogen-bond acceptors (Lipinski definition) is 6. The molecule has 0 aromatic carbocycles. The van der Waals surface area contributed by atoms with Crippen molar-refractivity contribution in [3.63, 3.8) is 0 Å². The number of rotatable bonds is 2. The van der Waals surface area contributed by atoms with Gasteiger partial charge < -0.3 is 10.2 Å². The van der Waals surface area contributed by atoms with Crippen LogP contribution in [0.1, 0.15) is 24.3 Å². The lowest BCUT2D eigenvalue weighted by atomic mass is 9.98. The molecule has 8 nitrogen and oxygen atoms in total. The standard InChI is InChI=1S/C12H15N5O3/c1-12(2)11(20)14-9(18)6-17(12)10(19)7-4-5-8(13-3)16-15-7/h4-5H,6H2,1-3H3,(H,13,16)(H,14,18,20). The Morgan fingerprint density at radius 3 is 2.60 bits per heavy atom. The molecule has 1 saturated heterocycles. The number of anilines is 1. The number of hydrogen-bond donors (Lipinski definition) is 2. The zero-order valence-corrected chi connectivity index (χ0v) is 11.4. The number of nitrogens with one attached hydrogen (secondary N) is 2. The van der Waals surface area contributed by atoms with Crippen molar-refractivity contribution < 1.29 is 14.4 Å². The van der Waals surface area contributed by atoms with Gasteiger partial charge in [0.15, 0.2) is 5.69 Å². The van der Waals surface area contributed by atoms with Gasteiger partial charge in [-0.2, -0.15) is 0 Å². The molecule has 0 aliphatic carbocycles. The predicted octanol–water partition coefficient (Wildman–Crippen LogP) is -0.605. The van der Waals surface area contributed by atoms with Gasteiger partial charge in [-0.25, -0.2) is 0 Å². The van der Waals surface area contributed by atoms with Gasteiger partial charge in [0.05, 0.1) is 0 Å². The van der Waals surface area contributed by atoms with Crippen molar-refractivity contribution in [2.45, 2.75) is 19.4 Å². The van der Waals surface area contributed by atoms with Crippen molar-refractivity contribution in [3.05, 3.63) is 17.8 Å². The molecular weight excluding hydrogens is 262 g/mol. The topological polar surface area (TPSA) is 104 Å². The number of piperazine rings is 1. The Morgan fingerprint density at radius 1 is 1.35 bits per heavy atom. The van der Waals surface area contributed by atoms with Crippen molar-refractivity contribution in [2.24, 2.45) is 0 Å². The molecule has 2 heterocycles. The normalized spacial score (nSPS) is 17.6. The maximum atomic E-state index is 12.4. The lowest BCUT2D eigenvalue weighted by Gasteiger charge is -2.39. The summed E-state index contributed by atoms with van der Waals surface area (Å²) >= 11 is 0. The molecule has 0 radical (unpaired) electrons. The van der Waals surface area contributed by atoms with Crippen LogP contribution in [0.4, 0.5) is 5.82 Å². The van der Waals surface area contributed by atoms with Crippen molar-refractivity contribution in [1.82, 2.24) is 20.4 Å². The molecule has 1 aromatic rings. The fourth-order valence-electron chi connectivity index (χ4n) is 1.83. The molecule has 0 atom stereocenters. The summed E-state index contributed by atoms with van der Waals surface area (Å²) in [4.78, 5) is 36.8. The van der Waals surface area contributed by atoms with Gasteiger partial charge in [0.2, 0.25) is 5.91 Å². The van der Waals surface area contributed by atoms with E-state index in [4.69, 9.17) is 0 Å². The molecule has 2 N–H and O–H groups in total. The van der Waals surface area contributed by atoms with Crippen LogP contribution in [0.2, 0.25) is 0 Å². The Kier molecular flexibility index (Phi) is 3.39. The Labute approximate surface area is 115 Å². The zero-order chi connectivity index (χ0) is 14.9. The van der Waals surface area contributed by atoms with Crippen molar-refractivity contribution >= 4 is 23.5 Å². The van der Waals surface area contributed by atoms with Gasteiger partial charge in [-0.3, -0.25) is 19.7 Å². The Bertz CT molecular complexity index is 567. The predicted molar refractivity (Wildman–Crippen MR) is 69.8 cm³/mol. The lowest BCUT2D eigenvalue weighted by Crippen LogP contribution is -2.65. The molecule has 1 aliphatic rings. The summed E-state index contributed by atoms with van der Waals surface area (Å²) in [6.07, 6.45) is 0. The van der Waals surface area contributed by atoms with Gasteiger partial charge >= 0.3 is 0 Å². The first-order valence-electron chi connectivity index (χ1n) is 6.04. The molecule has 3 amide bonds. The van der Waals surface area contributed by atoms with E-state index in [0.717, 1.165) is 0 Å². The summed E-state index contributed by atoms with van der Waals surface area (Å²) in [5.41, 5.74) is -1.03. The monoisotopic (exact) mass is 277 g/mol. The smallest absolute Gasteiger partial charge is 0.275 e. The number of carbonyl (C=O) groups is 3. The van der Waals surface area contributed by atoms with Gasteiger partial charge in [-0.1, -0.05) is 0 Å². The SMILES string of the molecule is CNc1ccc(C(=O)N2CC(=O)NC(=O)C2(C)C)nn1. The summed E-state index contributed by atoms with van der Waals surface area (Å²) < 4.78 is 0. The fourth-order valence-corrected chi connectivity index (χ4v) is 1.83. The second-order valence-electron chi connectivity index (χ2n) is 4.88. The second-order valence-corrected chi connectivity index (χ2v) is 4.88. The van der Waals surface area contributed by atoms with E-state index in [2.05, 4.69) is 20.8 Å². The zero-order valence-electron chi connectivity index (χ0n) is 11.4. The molecule has 1 aliphatic heterocycles. The Morgan fingerprint density at radius 2 is 2.05 bits per heavy atom. The number of nitrogens with zero attached hydrogens (tertiary/aromatic N) is 3.